The van der Waals surface area contributed by atoms with Gasteiger partial charge in [0, 0.05) is 19.2 Å². The van der Waals surface area contributed by atoms with Crippen molar-refractivity contribution in [3.8, 4) is 0 Å². The van der Waals surface area contributed by atoms with Crippen molar-refractivity contribution in [1.29, 1.82) is 0 Å². The van der Waals surface area contributed by atoms with Crippen LogP contribution in [-0.4, -0.2) is 33.9 Å². The normalized spacial score (nSPS) is 18.6. The number of nitrogens with zero attached hydrogens (tertiary/aromatic N) is 3. The molecule has 21 heavy (non-hydrogen) atoms. The summed E-state index contributed by atoms with van der Waals surface area (Å²) in [6.45, 7) is 0. The quantitative estimate of drug-likeness (QED) is 0.742. The maximum Gasteiger partial charge on any atom is 0.280 e. The lowest BCUT2D eigenvalue weighted by Crippen LogP contribution is -2.45. The highest BCUT2D eigenvalue weighted by Gasteiger charge is 2.30. The lowest BCUT2D eigenvalue weighted by Gasteiger charge is -2.21. The van der Waals surface area contributed by atoms with Crippen molar-refractivity contribution in [2.75, 3.05) is 12.4 Å². The van der Waals surface area contributed by atoms with Crippen molar-refractivity contribution >= 4 is 28.4 Å². The highest BCUT2D eigenvalue weighted by Crippen LogP contribution is 2.20. The number of carbonyl (C=O) groups excluding carboxylic acids is 2. The molecule has 1 fully saturated rings. The Labute approximate surface area is 119 Å². The van der Waals surface area contributed by atoms with Crippen molar-refractivity contribution in [1.82, 2.24) is 20.3 Å². The molecule has 1 atom stereocenters. The van der Waals surface area contributed by atoms with E-state index in [9.17, 15) is 14.4 Å². The van der Waals surface area contributed by atoms with Crippen LogP contribution in [0, 0.1) is 0 Å². The van der Waals surface area contributed by atoms with E-state index in [-0.39, 0.29) is 18.7 Å². The van der Waals surface area contributed by atoms with Crippen LogP contribution < -0.4 is 16.2 Å². The minimum Gasteiger partial charge on any atom is -0.387 e. The SMILES string of the molecule is CNc1cccc2nnn(C3CCC(=O)NC3=O)c(=O)c12. The van der Waals surface area contributed by atoms with Gasteiger partial charge in [0.1, 0.15) is 11.6 Å². The number of benzene rings is 1. The average Bonchev–Trinajstić information content (AvgIpc) is 2.48. The topological polar surface area (TPSA) is 106 Å². The van der Waals surface area contributed by atoms with Crippen LogP contribution in [0.15, 0.2) is 23.0 Å². The number of anilines is 1. The van der Waals surface area contributed by atoms with Crippen LogP contribution in [0.3, 0.4) is 0 Å². The molecular weight excluding hydrogens is 274 g/mol. The third-order valence-electron chi connectivity index (χ3n) is 3.49. The summed E-state index contributed by atoms with van der Waals surface area (Å²) >= 11 is 0. The number of hydrogen-bond acceptors (Lipinski definition) is 6. The first-order valence-electron chi connectivity index (χ1n) is 6.51. The molecule has 1 unspecified atom stereocenters. The lowest BCUT2D eigenvalue weighted by atomic mass is 10.1. The van der Waals surface area contributed by atoms with Crippen LogP contribution in [0.25, 0.3) is 10.9 Å². The molecule has 1 aliphatic rings. The van der Waals surface area contributed by atoms with E-state index in [4.69, 9.17) is 0 Å². The van der Waals surface area contributed by atoms with E-state index in [1.807, 2.05) is 0 Å². The van der Waals surface area contributed by atoms with Gasteiger partial charge in [0.15, 0.2) is 0 Å². The molecule has 2 amide bonds. The summed E-state index contributed by atoms with van der Waals surface area (Å²) in [4.78, 5) is 35.6. The molecule has 108 valence electrons. The number of imide groups is 1. The second-order valence-electron chi connectivity index (χ2n) is 4.76. The fourth-order valence-corrected chi connectivity index (χ4v) is 2.43. The van der Waals surface area contributed by atoms with Crippen LogP contribution in [-0.2, 0) is 9.59 Å². The van der Waals surface area contributed by atoms with E-state index >= 15 is 0 Å². The third-order valence-corrected chi connectivity index (χ3v) is 3.49. The first kappa shape index (κ1) is 13.2. The molecule has 8 heteroatoms. The predicted molar refractivity (Wildman–Crippen MR) is 74.8 cm³/mol. The summed E-state index contributed by atoms with van der Waals surface area (Å²) < 4.78 is 1.05. The van der Waals surface area contributed by atoms with Crippen molar-refractivity contribution < 1.29 is 9.59 Å². The highest BCUT2D eigenvalue weighted by atomic mass is 16.2. The second-order valence-corrected chi connectivity index (χ2v) is 4.76. The van der Waals surface area contributed by atoms with Crippen LogP contribution in [0.1, 0.15) is 18.9 Å². The maximum absolute atomic E-state index is 12.6. The molecule has 1 aromatic carbocycles. The molecule has 2 aromatic rings. The van der Waals surface area contributed by atoms with Crippen molar-refractivity contribution in [2.45, 2.75) is 18.9 Å². The Hall–Kier alpha value is -2.77. The van der Waals surface area contributed by atoms with Gasteiger partial charge in [-0.2, -0.15) is 4.68 Å². The van der Waals surface area contributed by atoms with Gasteiger partial charge < -0.3 is 5.32 Å². The van der Waals surface area contributed by atoms with Crippen LogP contribution in [0.2, 0.25) is 0 Å². The Morgan fingerprint density at radius 3 is 2.86 bits per heavy atom. The van der Waals surface area contributed by atoms with Gasteiger partial charge >= 0.3 is 0 Å². The molecule has 2 heterocycles. The van der Waals surface area contributed by atoms with Gasteiger partial charge in [-0.15, -0.1) is 5.10 Å². The van der Waals surface area contributed by atoms with Crippen molar-refractivity contribution in [3.05, 3.63) is 28.6 Å². The van der Waals surface area contributed by atoms with E-state index in [0.29, 0.717) is 16.6 Å². The van der Waals surface area contributed by atoms with Crippen LogP contribution in [0.4, 0.5) is 5.69 Å². The molecule has 1 aromatic heterocycles. The van der Waals surface area contributed by atoms with Gasteiger partial charge in [0.2, 0.25) is 5.91 Å². The molecule has 1 saturated heterocycles. The molecule has 1 aliphatic heterocycles. The van der Waals surface area contributed by atoms with Gasteiger partial charge in [-0.3, -0.25) is 19.7 Å². The van der Waals surface area contributed by atoms with E-state index < -0.39 is 17.5 Å². The Balaban J connectivity index is 2.16. The summed E-state index contributed by atoms with van der Waals surface area (Å²) in [6.07, 6.45) is 0.419. The molecule has 8 nitrogen and oxygen atoms in total. The molecule has 0 spiro atoms. The largest absolute Gasteiger partial charge is 0.387 e. The van der Waals surface area contributed by atoms with Crippen LogP contribution in [0.5, 0.6) is 0 Å². The van der Waals surface area contributed by atoms with Crippen molar-refractivity contribution in [3.63, 3.8) is 0 Å². The molecule has 0 saturated carbocycles. The smallest absolute Gasteiger partial charge is 0.280 e. The fraction of sp³-hybridized carbons (Fsp3) is 0.308. The monoisotopic (exact) mass is 287 g/mol. The van der Waals surface area contributed by atoms with Gasteiger partial charge in [-0.05, 0) is 18.6 Å². The summed E-state index contributed by atoms with van der Waals surface area (Å²) in [5.74, 6) is -0.863. The molecule has 2 N–H and O–H groups in total. The zero-order chi connectivity index (χ0) is 15.0. The second kappa shape index (κ2) is 4.97. The van der Waals surface area contributed by atoms with Gasteiger partial charge in [0.05, 0.1) is 5.39 Å². The summed E-state index contributed by atoms with van der Waals surface area (Å²) in [7, 11) is 1.70. The minimum absolute atomic E-state index is 0.177. The minimum atomic E-state index is -0.808. The van der Waals surface area contributed by atoms with Crippen molar-refractivity contribution in [2.24, 2.45) is 0 Å². The number of rotatable bonds is 2. The summed E-state index contributed by atoms with van der Waals surface area (Å²) in [6, 6.07) is 4.38. The molecule has 3 rings (SSSR count). The molecule has 0 radical (unpaired) electrons. The number of carbonyl (C=O) groups is 2. The number of aromatic nitrogens is 3. The summed E-state index contributed by atoms with van der Waals surface area (Å²) in [5.41, 5.74) is 0.670. The Bertz CT molecular complexity index is 798. The third kappa shape index (κ3) is 2.14. The number of amides is 2. The Morgan fingerprint density at radius 1 is 1.33 bits per heavy atom. The number of hydrogen-bond donors (Lipinski definition) is 2. The first-order valence-corrected chi connectivity index (χ1v) is 6.51. The fourth-order valence-electron chi connectivity index (χ4n) is 2.43. The number of piperidine rings is 1. The standard InChI is InChI=1S/C13H13N5O3/c1-14-7-3-2-4-8-11(7)13(21)18(17-16-8)9-5-6-10(19)15-12(9)20/h2-4,9,14H,5-6H2,1H3,(H,15,19,20). The molecular formula is C13H13N5O3. The predicted octanol–water partition coefficient (Wildman–Crippen LogP) is -0.189. The first-order chi connectivity index (χ1) is 10.1. The Kier molecular flexibility index (Phi) is 3.13. The van der Waals surface area contributed by atoms with E-state index in [2.05, 4.69) is 20.9 Å². The zero-order valence-electron chi connectivity index (χ0n) is 11.3. The molecule has 0 aliphatic carbocycles. The average molecular weight is 287 g/mol. The maximum atomic E-state index is 12.6. The lowest BCUT2D eigenvalue weighted by molar-refractivity contribution is -0.136. The Morgan fingerprint density at radius 2 is 2.14 bits per heavy atom. The van der Waals surface area contributed by atoms with Gasteiger partial charge in [-0.25, -0.2) is 0 Å². The molecule has 0 bridgehead atoms. The number of nitrogens with one attached hydrogen (secondary N) is 2. The van der Waals surface area contributed by atoms with Gasteiger partial charge in [-0.1, -0.05) is 11.3 Å². The zero-order valence-corrected chi connectivity index (χ0v) is 11.3. The van der Waals surface area contributed by atoms with Crippen LogP contribution >= 0.6 is 0 Å². The van der Waals surface area contributed by atoms with Gasteiger partial charge in [0.25, 0.3) is 11.5 Å². The summed E-state index contributed by atoms with van der Waals surface area (Å²) in [5, 5.41) is 13.3. The highest BCUT2D eigenvalue weighted by molar-refractivity contribution is 5.99. The number of fused-ring (bicyclic) bond motifs is 1. The van der Waals surface area contributed by atoms with E-state index in [1.54, 1.807) is 25.2 Å². The van der Waals surface area contributed by atoms with E-state index in [1.165, 1.54) is 0 Å². The van der Waals surface area contributed by atoms with E-state index in [0.717, 1.165) is 4.68 Å².